The molecule has 0 aromatic heterocycles. The van der Waals surface area contributed by atoms with Gasteiger partial charge in [-0.15, -0.1) is 0 Å². The maximum Gasteiger partial charge on any atom is 0.251 e. The van der Waals surface area contributed by atoms with Crippen LogP contribution in [0.3, 0.4) is 0 Å². The van der Waals surface area contributed by atoms with Gasteiger partial charge in [-0.1, -0.05) is 6.42 Å². The quantitative estimate of drug-likeness (QED) is 0.853. The van der Waals surface area contributed by atoms with Gasteiger partial charge < -0.3 is 24.4 Å². The number of hydrogen-bond acceptors (Lipinski definition) is 5. The van der Waals surface area contributed by atoms with Gasteiger partial charge in [-0.05, 0) is 37.1 Å². The number of carbonyl (C=O) groups excluding carboxylic acids is 2. The Bertz CT molecular complexity index is 704. The second-order valence-corrected chi connectivity index (χ2v) is 7.78. The van der Waals surface area contributed by atoms with Gasteiger partial charge in [-0.3, -0.25) is 9.59 Å². The van der Waals surface area contributed by atoms with Crippen LogP contribution in [0.25, 0.3) is 0 Å². The number of hydrogen-bond donors (Lipinski definition) is 1. The minimum absolute atomic E-state index is 0.114. The topological polar surface area (TPSA) is 77.1 Å². The number of likely N-dealkylation sites (tertiary alicyclic amines) is 1. The summed E-state index contributed by atoms with van der Waals surface area (Å²) in [6.07, 6.45) is 4.04. The molecule has 4 rings (SSSR count). The molecule has 2 amide bonds. The molecule has 3 fully saturated rings. The SMILES string of the molecule is COc1ccc(C(=O)N[C@@H]2CCC[C@@H]2C(=O)N2CCC3(CC2)OCCO3)cc1. The molecule has 1 aliphatic carbocycles. The minimum Gasteiger partial charge on any atom is -0.497 e. The van der Waals surface area contributed by atoms with Gasteiger partial charge in [0.1, 0.15) is 5.75 Å². The molecule has 1 spiro atoms. The van der Waals surface area contributed by atoms with Gasteiger partial charge in [0.05, 0.1) is 26.2 Å². The first-order valence-electron chi connectivity index (χ1n) is 10.1. The standard InChI is InChI=1S/C21H28N2O5/c1-26-16-7-5-15(6-8-16)19(24)22-18-4-2-3-17(18)20(25)23-11-9-21(10-12-23)27-13-14-28-21/h5-8,17-18H,2-4,9-14H2,1H3,(H,22,24)/t17-,18+/m0/s1. The summed E-state index contributed by atoms with van der Waals surface area (Å²) >= 11 is 0. The maximum atomic E-state index is 13.1. The number of carbonyl (C=O) groups is 2. The van der Waals surface area contributed by atoms with E-state index in [-0.39, 0.29) is 23.8 Å². The summed E-state index contributed by atoms with van der Waals surface area (Å²) in [4.78, 5) is 27.6. The van der Waals surface area contributed by atoms with Crippen molar-refractivity contribution >= 4 is 11.8 Å². The largest absolute Gasteiger partial charge is 0.497 e. The Kier molecular flexibility index (Phi) is 5.55. The van der Waals surface area contributed by atoms with Crippen molar-refractivity contribution < 1.29 is 23.8 Å². The van der Waals surface area contributed by atoms with Gasteiger partial charge in [0.25, 0.3) is 5.91 Å². The summed E-state index contributed by atoms with van der Waals surface area (Å²) in [5, 5.41) is 3.07. The predicted octanol–water partition coefficient (Wildman–Crippen LogP) is 1.96. The Balaban J connectivity index is 1.35. The molecule has 2 heterocycles. The predicted molar refractivity (Wildman–Crippen MR) is 102 cm³/mol. The van der Waals surface area contributed by atoms with Gasteiger partial charge in [-0.25, -0.2) is 0 Å². The number of nitrogens with one attached hydrogen (secondary N) is 1. The molecule has 2 saturated heterocycles. The third-order valence-corrected chi connectivity index (χ3v) is 6.15. The highest BCUT2D eigenvalue weighted by molar-refractivity contribution is 5.95. The van der Waals surface area contributed by atoms with Gasteiger partial charge >= 0.3 is 0 Å². The molecule has 0 unspecified atom stereocenters. The second-order valence-electron chi connectivity index (χ2n) is 7.78. The van der Waals surface area contributed by atoms with E-state index in [0.29, 0.717) is 50.5 Å². The first kappa shape index (κ1) is 19.2. The average Bonchev–Trinajstić information content (AvgIpc) is 3.38. The molecule has 2 atom stereocenters. The molecule has 1 aromatic rings. The fraction of sp³-hybridized carbons (Fsp3) is 0.619. The molecule has 3 aliphatic rings. The Hall–Kier alpha value is -2.12. The Labute approximate surface area is 165 Å². The van der Waals surface area contributed by atoms with E-state index in [0.717, 1.165) is 19.3 Å². The van der Waals surface area contributed by atoms with Crippen molar-refractivity contribution in [2.24, 2.45) is 5.92 Å². The third kappa shape index (κ3) is 3.86. The van der Waals surface area contributed by atoms with Crippen LogP contribution in [-0.2, 0) is 14.3 Å². The van der Waals surface area contributed by atoms with Crippen LogP contribution >= 0.6 is 0 Å². The molecule has 1 saturated carbocycles. The van der Waals surface area contributed by atoms with Crippen LogP contribution in [-0.4, -0.2) is 62.0 Å². The molecule has 0 radical (unpaired) electrons. The number of methoxy groups -OCH3 is 1. The molecule has 1 aromatic carbocycles. The van der Waals surface area contributed by atoms with Crippen LogP contribution in [0.4, 0.5) is 0 Å². The van der Waals surface area contributed by atoms with Crippen molar-refractivity contribution in [3.63, 3.8) is 0 Å². The summed E-state index contributed by atoms with van der Waals surface area (Å²) < 4.78 is 16.6. The molecule has 28 heavy (non-hydrogen) atoms. The summed E-state index contributed by atoms with van der Waals surface area (Å²) in [6, 6.07) is 6.90. The smallest absolute Gasteiger partial charge is 0.251 e. The molecule has 1 N–H and O–H groups in total. The zero-order chi connectivity index (χ0) is 19.6. The van der Waals surface area contributed by atoms with Crippen molar-refractivity contribution in [2.75, 3.05) is 33.4 Å². The summed E-state index contributed by atoms with van der Waals surface area (Å²) in [7, 11) is 1.59. The lowest BCUT2D eigenvalue weighted by Crippen LogP contribution is -2.51. The average molecular weight is 388 g/mol. The van der Waals surface area contributed by atoms with Crippen molar-refractivity contribution in [3.05, 3.63) is 29.8 Å². The number of rotatable bonds is 4. The Morgan fingerprint density at radius 2 is 1.79 bits per heavy atom. The van der Waals surface area contributed by atoms with E-state index in [9.17, 15) is 9.59 Å². The molecule has 2 aliphatic heterocycles. The van der Waals surface area contributed by atoms with Crippen molar-refractivity contribution in [1.82, 2.24) is 10.2 Å². The normalized spacial score (nSPS) is 26.4. The van der Waals surface area contributed by atoms with Gasteiger partial charge in [-0.2, -0.15) is 0 Å². The first-order valence-corrected chi connectivity index (χ1v) is 10.1. The van der Waals surface area contributed by atoms with E-state index in [4.69, 9.17) is 14.2 Å². The Morgan fingerprint density at radius 1 is 1.11 bits per heavy atom. The fourth-order valence-corrected chi connectivity index (χ4v) is 4.51. The van der Waals surface area contributed by atoms with Gasteiger partial charge in [0.15, 0.2) is 5.79 Å². The first-order chi connectivity index (χ1) is 13.6. The number of nitrogens with zero attached hydrogens (tertiary/aromatic N) is 1. The van der Waals surface area contributed by atoms with E-state index in [1.807, 2.05) is 4.90 Å². The lowest BCUT2D eigenvalue weighted by Gasteiger charge is -2.39. The monoisotopic (exact) mass is 388 g/mol. The van der Waals surface area contributed by atoms with Crippen LogP contribution in [0.15, 0.2) is 24.3 Å². The van der Waals surface area contributed by atoms with Crippen LogP contribution in [0.1, 0.15) is 42.5 Å². The molecule has 152 valence electrons. The van der Waals surface area contributed by atoms with Gasteiger partial charge in [0.2, 0.25) is 5.91 Å². The highest BCUT2D eigenvalue weighted by Gasteiger charge is 2.43. The number of benzene rings is 1. The second kappa shape index (κ2) is 8.09. The number of ether oxygens (including phenoxy) is 3. The van der Waals surface area contributed by atoms with Crippen LogP contribution in [0.5, 0.6) is 5.75 Å². The van der Waals surface area contributed by atoms with Crippen LogP contribution < -0.4 is 10.1 Å². The van der Waals surface area contributed by atoms with Crippen molar-refractivity contribution in [3.8, 4) is 5.75 Å². The minimum atomic E-state index is -0.478. The number of amides is 2. The van der Waals surface area contributed by atoms with E-state index in [1.165, 1.54) is 0 Å². The van der Waals surface area contributed by atoms with Crippen LogP contribution in [0.2, 0.25) is 0 Å². The van der Waals surface area contributed by atoms with E-state index >= 15 is 0 Å². The summed E-state index contributed by atoms with van der Waals surface area (Å²) in [6.45, 7) is 2.56. The summed E-state index contributed by atoms with van der Waals surface area (Å²) in [5.74, 6) is 0.0855. The highest BCUT2D eigenvalue weighted by atomic mass is 16.7. The molecule has 7 heteroatoms. The van der Waals surface area contributed by atoms with Crippen molar-refractivity contribution in [1.29, 1.82) is 0 Å². The third-order valence-electron chi connectivity index (χ3n) is 6.15. The maximum absolute atomic E-state index is 13.1. The van der Waals surface area contributed by atoms with Gasteiger partial charge in [0, 0.05) is 37.5 Å². The van der Waals surface area contributed by atoms with E-state index < -0.39 is 5.79 Å². The molecule has 0 bridgehead atoms. The van der Waals surface area contributed by atoms with Crippen molar-refractivity contribution in [2.45, 2.75) is 43.9 Å². The molecule has 7 nitrogen and oxygen atoms in total. The zero-order valence-corrected chi connectivity index (χ0v) is 16.3. The number of piperidine rings is 1. The lowest BCUT2D eigenvalue weighted by molar-refractivity contribution is -0.188. The lowest BCUT2D eigenvalue weighted by atomic mass is 9.97. The van der Waals surface area contributed by atoms with Crippen LogP contribution in [0, 0.1) is 5.92 Å². The van der Waals surface area contributed by atoms with E-state index in [1.54, 1.807) is 31.4 Å². The highest BCUT2D eigenvalue weighted by Crippen LogP contribution is 2.34. The zero-order valence-electron chi connectivity index (χ0n) is 16.3. The van der Waals surface area contributed by atoms with E-state index in [2.05, 4.69) is 5.32 Å². The molecular weight excluding hydrogens is 360 g/mol. The summed E-state index contributed by atoms with van der Waals surface area (Å²) in [5.41, 5.74) is 0.578. The Morgan fingerprint density at radius 3 is 2.43 bits per heavy atom. The molecular formula is C21H28N2O5. The fourth-order valence-electron chi connectivity index (χ4n) is 4.51.